The molecule has 0 radical (unpaired) electrons. The lowest BCUT2D eigenvalue weighted by atomic mass is 10.1. The maximum absolute atomic E-state index is 12.9. The molecule has 5 nitrogen and oxygen atoms in total. The summed E-state index contributed by atoms with van der Waals surface area (Å²) in [5, 5.41) is -4.55. The maximum Gasteiger partial charge on any atom is 0.402 e. The first-order valence-electron chi connectivity index (χ1n) is 4.92. The second kappa shape index (κ2) is 5.45. The largest absolute Gasteiger partial charge is 0.454 e. The average Bonchev–Trinajstić information content (AvgIpc) is 2.34. The van der Waals surface area contributed by atoms with E-state index in [0.29, 0.717) is 5.56 Å². The predicted molar refractivity (Wildman–Crippen MR) is 63.3 cm³/mol. The molecule has 1 rings (SSSR count). The summed E-state index contributed by atoms with van der Waals surface area (Å²) in [6, 6.07) is 5.89. The molecule has 0 saturated carbocycles. The van der Waals surface area contributed by atoms with Crippen molar-refractivity contribution in [3.63, 3.8) is 0 Å². The lowest BCUT2D eigenvalue weighted by Gasteiger charge is -2.13. The van der Waals surface area contributed by atoms with Crippen molar-refractivity contribution in [2.75, 3.05) is 6.61 Å². The van der Waals surface area contributed by atoms with Crippen LogP contribution in [0.3, 0.4) is 0 Å². The fraction of sp³-hybridized carbons (Fsp3) is 0.182. The number of esters is 1. The molecule has 0 aromatic heterocycles. The van der Waals surface area contributed by atoms with E-state index in [2.05, 4.69) is 11.3 Å². The Morgan fingerprint density at radius 2 is 2.00 bits per heavy atom. The Kier molecular flexibility index (Phi) is 4.38. The van der Waals surface area contributed by atoms with Crippen LogP contribution in [0.5, 0.6) is 0 Å². The second-order valence-electron chi connectivity index (χ2n) is 3.48. The van der Waals surface area contributed by atoms with E-state index < -0.39 is 27.9 Å². The molecule has 1 aromatic rings. The van der Waals surface area contributed by atoms with E-state index in [1.807, 2.05) is 0 Å². The minimum Gasteiger partial charge on any atom is -0.454 e. The van der Waals surface area contributed by atoms with Gasteiger partial charge in [-0.3, -0.25) is 4.55 Å². The lowest BCUT2D eigenvalue weighted by Crippen LogP contribution is -2.34. The van der Waals surface area contributed by atoms with Crippen LogP contribution < -0.4 is 0 Å². The first-order chi connectivity index (χ1) is 8.69. The van der Waals surface area contributed by atoms with Gasteiger partial charge >= 0.3 is 21.3 Å². The molecule has 0 aliphatic carbocycles. The zero-order valence-electron chi connectivity index (χ0n) is 9.55. The minimum atomic E-state index is -5.63. The zero-order valence-corrected chi connectivity index (χ0v) is 10.4. The summed E-state index contributed by atoms with van der Waals surface area (Å²) in [6.07, 6.45) is 1.32. The number of benzene rings is 1. The van der Waals surface area contributed by atoms with Crippen molar-refractivity contribution >= 4 is 22.2 Å². The van der Waals surface area contributed by atoms with Gasteiger partial charge < -0.3 is 4.74 Å². The lowest BCUT2D eigenvalue weighted by molar-refractivity contribution is -0.00951. The van der Waals surface area contributed by atoms with Crippen molar-refractivity contribution in [2.24, 2.45) is 0 Å². The van der Waals surface area contributed by atoms with Crippen molar-refractivity contribution in [1.29, 1.82) is 0 Å². The standard InChI is InChI=1S/C11H10F2O5S/c1-2-8-5-3-4-6-9(8)10(14)18-7-11(12,13)19(15,16)17/h2-6H,1,7H2,(H,15,16,17). The van der Waals surface area contributed by atoms with Crippen LogP contribution in [-0.4, -0.2) is 30.8 Å². The monoisotopic (exact) mass is 292 g/mol. The molecule has 0 unspecified atom stereocenters. The number of rotatable bonds is 5. The molecule has 0 saturated heterocycles. The van der Waals surface area contributed by atoms with E-state index in [1.165, 1.54) is 24.3 Å². The van der Waals surface area contributed by atoms with E-state index >= 15 is 0 Å². The van der Waals surface area contributed by atoms with Crippen molar-refractivity contribution in [3.05, 3.63) is 42.0 Å². The minimum absolute atomic E-state index is 0.0383. The van der Waals surface area contributed by atoms with Crippen molar-refractivity contribution < 1.29 is 31.3 Å². The number of alkyl halides is 2. The third-order valence-corrected chi connectivity index (χ3v) is 3.02. The molecule has 19 heavy (non-hydrogen) atoms. The van der Waals surface area contributed by atoms with Gasteiger partial charge in [-0.1, -0.05) is 30.9 Å². The van der Waals surface area contributed by atoms with Crippen LogP contribution in [0.4, 0.5) is 8.78 Å². The molecule has 0 fully saturated rings. The Labute approximate surface area is 108 Å². The Morgan fingerprint density at radius 1 is 1.42 bits per heavy atom. The quantitative estimate of drug-likeness (QED) is 0.663. The SMILES string of the molecule is C=Cc1ccccc1C(=O)OCC(F)(F)S(=O)(=O)O. The molecule has 1 N–H and O–H groups in total. The van der Waals surface area contributed by atoms with E-state index in [-0.39, 0.29) is 5.56 Å². The molecule has 104 valence electrons. The summed E-state index contributed by atoms with van der Waals surface area (Å²) in [4.78, 5) is 11.5. The van der Waals surface area contributed by atoms with Gasteiger partial charge in [0.25, 0.3) is 0 Å². The van der Waals surface area contributed by atoms with Crippen LogP contribution in [0, 0.1) is 0 Å². The van der Waals surface area contributed by atoms with Gasteiger partial charge in [-0.25, -0.2) is 4.79 Å². The van der Waals surface area contributed by atoms with Gasteiger partial charge in [0.15, 0.2) is 6.61 Å². The second-order valence-corrected chi connectivity index (χ2v) is 5.03. The third-order valence-electron chi connectivity index (χ3n) is 2.15. The molecular formula is C11H10F2O5S. The highest BCUT2D eigenvalue weighted by atomic mass is 32.2. The summed E-state index contributed by atoms with van der Waals surface area (Å²) in [7, 11) is -5.63. The molecule has 8 heteroatoms. The number of ether oxygens (including phenoxy) is 1. The van der Waals surface area contributed by atoms with Gasteiger partial charge in [0, 0.05) is 0 Å². The number of hydrogen-bond donors (Lipinski definition) is 1. The van der Waals surface area contributed by atoms with Gasteiger partial charge in [0.2, 0.25) is 0 Å². The fourth-order valence-corrected chi connectivity index (χ4v) is 1.37. The number of carbonyl (C=O) groups excluding carboxylic acids is 1. The Bertz CT molecular complexity index is 595. The van der Waals surface area contributed by atoms with Gasteiger partial charge in [-0.05, 0) is 11.6 Å². The highest BCUT2D eigenvalue weighted by Gasteiger charge is 2.45. The highest BCUT2D eigenvalue weighted by Crippen LogP contribution is 2.21. The van der Waals surface area contributed by atoms with Crippen LogP contribution in [0.1, 0.15) is 15.9 Å². The highest BCUT2D eigenvalue weighted by molar-refractivity contribution is 7.86. The molecule has 0 atom stereocenters. The molecule has 0 aliphatic heterocycles. The van der Waals surface area contributed by atoms with Crippen molar-refractivity contribution in [1.82, 2.24) is 0 Å². The normalized spacial score (nSPS) is 11.9. The number of halogens is 2. The molecular weight excluding hydrogens is 282 g/mol. The van der Waals surface area contributed by atoms with Crippen LogP contribution in [-0.2, 0) is 14.9 Å². The van der Waals surface area contributed by atoms with Gasteiger partial charge in [-0.15, -0.1) is 0 Å². The topological polar surface area (TPSA) is 80.7 Å². The Hall–Kier alpha value is -1.80. The summed E-state index contributed by atoms with van der Waals surface area (Å²) >= 11 is 0. The molecule has 0 heterocycles. The Balaban J connectivity index is 2.85. The van der Waals surface area contributed by atoms with Crippen molar-refractivity contribution in [2.45, 2.75) is 5.25 Å². The predicted octanol–water partition coefficient (Wildman–Crippen LogP) is 1.97. The summed E-state index contributed by atoms with van der Waals surface area (Å²) in [5.41, 5.74) is 0.311. The van der Waals surface area contributed by atoms with Gasteiger partial charge in [-0.2, -0.15) is 17.2 Å². The van der Waals surface area contributed by atoms with E-state index in [4.69, 9.17) is 4.55 Å². The zero-order chi connectivity index (χ0) is 14.7. The summed E-state index contributed by atoms with van der Waals surface area (Å²) < 4.78 is 58.8. The number of hydrogen-bond acceptors (Lipinski definition) is 4. The Morgan fingerprint density at radius 3 is 2.53 bits per heavy atom. The molecule has 1 aromatic carbocycles. The first kappa shape index (κ1) is 15.3. The first-order valence-corrected chi connectivity index (χ1v) is 6.36. The van der Waals surface area contributed by atoms with E-state index in [0.717, 1.165) is 0 Å². The molecule has 0 spiro atoms. The van der Waals surface area contributed by atoms with E-state index in [1.54, 1.807) is 6.07 Å². The molecule has 0 amide bonds. The third kappa shape index (κ3) is 3.58. The fourth-order valence-electron chi connectivity index (χ4n) is 1.16. The summed E-state index contributed by atoms with van der Waals surface area (Å²) in [6.45, 7) is 1.66. The van der Waals surface area contributed by atoms with Crippen molar-refractivity contribution in [3.8, 4) is 0 Å². The summed E-state index contributed by atoms with van der Waals surface area (Å²) in [5.74, 6) is -1.14. The average molecular weight is 292 g/mol. The van der Waals surface area contributed by atoms with Crippen LogP contribution in [0.15, 0.2) is 30.8 Å². The van der Waals surface area contributed by atoms with Crippen LogP contribution >= 0.6 is 0 Å². The van der Waals surface area contributed by atoms with Gasteiger partial charge in [0.1, 0.15) is 0 Å². The molecule has 0 bridgehead atoms. The molecule has 0 aliphatic rings. The smallest absolute Gasteiger partial charge is 0.402 e. The van der Waals surface area contributed by atoms with Gasteiger partial charge in [0.05, 0.1) is 5.56 Å². The maximum atomic E-state index is 12.9. The number of carbonyl (C=O) groups is 1. The van der Waals surface area contributed by atoms with Crippen LogP contribution in [0.2, 0.25) is 0 Å². The van der Waals surface area contributed by atoms with Crippen LogP contribution in [0.25, 0.3) is 6.08 Å². The van der Waals surface area contributed by atoms with E-state index in [9.17, 15) is 22.0 Å².